The van der Waals surface area contributed by atoms with Crippen LogP contribution in [-0.2, 0) is 0 Å². The number of hydrogen-bond acceptors (Lipinski definition) is 5. The van der Waals surface area contributed by atoms with Gasteiger partial charge in [-0.1, -0.05) is 0 Å². The fourth-order valence-corrected chi connectivity index (χ4v) is 2.98. The molecule has 7 nitrogen and oxygen atoms in total. The van der Waals surface area contributed by atoms with Gasteiger partial charge in [0.2, 0.25) is 5.88 Å². The number of furan rings is 1. The molecule has 0 atom stereocenters. The van der Waals surface area contributed by atoms with Crippen molar-refractivity contribution in [2.75, 3.05) is 5.32 Å². The molecule has 1 aromatic carbocycles. The topological polar surface area (TPSA) is 115 Å². The first-order valence-corrected chi connectivity index (χ1v) is 8.01. The average Bonchev–Trinajstić information content (AvgIpc) is 2.90. The van der Waals surface area contributed by atoms with Gasteiger partial charge in [-0.05, 0) is 45.0 Å². The Morgan fingerprint density at radius 3 is 2.48 bits per heavy atom. The molecule has 3 aromatic rings. The molecule has 0 aliphatic rings. The lowest BCUT2D eigenvalue weighted by Crippen LogP contribution is -2.19. The third-order valence-corrected chi connectivity index (χ3v) is 4.05. The molecule has 3 rings (SSSR count). The highest BCUT2D eigenvalue weighted by molar-refractivity contribution is 6.16. The average molecular weight is 369 g/mol. The number of nitrogens with zero attached hydrogens (tertiary/aromatic N) is 1. The SMILES string of the molecule is CC(=O)c1c(C)oc(NC(=O)c2cc(C)nc3ccc(F)cc23)c1C(N)=O. The number of benzene rings is 1. The van der Waals surface area contributed by atoms with Crippen LogP contribution in [0.4, 0.5) is 10.3 Å². The van der Waals surface area contributed by atoms with Crippen LogP contribution in [0.5, 0.6) is 0 Å². The summed E-state index contributed by atoms with van der Waals surface area (Å²) < 4.78 is 19.0. The summed E-state index contributed by atoms with van der Waals surface area (Å²) in [6.07, 6.45) is 0. The molecule has 3 N–H and O–H groups in total. The summed E-state index contributed by atoms with van der Waals surface area (Å²) in [6.45, 7) is 4.44. The van der Waals surface area contributed by atoms with Gasteiger partial charge in [0.1, 0.15) is 17.1 Å². The number of amides is 2. The van der Waals surface area contributed by atoms with Gasteiger partial charge in [0.05, 0.1) is 16.6 Å². The molecule has 2 aromatic heterocycles. The number of Topliss-reactive ketones (excluding diaryl/α,β-unsaturated/α-hetero) is 1. The molecule has 0 radical (unpaired) electrons. The minimum atomic E-state index is -0.908. The quantitative estimate of drug-likeness (QED) is 0.686. The molecule has 2 heterocycles. The van der Waals surface area contributed by atoms with E-state index in [0.29, 0.717) is 16.6 Å². The van der Waals surface area contributed by atoms with Gasteiger partial charge < -0.3 is 10.2 Å². The predicted octanol–water partition coefficient (Wildman–Crippen LogP) is 3.14. The largest absolute Gasteiger partial charge is 0.444 e. The fourth-order valence-electron chi connectivity index (χ4n) is 2.98. The second-order valence-electron chi connectivity index (χ2n) is 6.08. The van der Waals surface area contributed by atoms with E-state index in [-0.39, 0.29) is 28.3 Å². The maximum Gasteiger partial charge on any atom is 0.258 e. The van der Waals surface area contributed by atoms with Gasteiger partial charge in [-0.3, -0.25) is 24.7 Å². The Hall–Kier alpha value is -3.55. The lowest BCUT2D eigenvalue weighted by molar-refractivity contribution is 0.0974. The monoisotopic (exact) mass is 369 g/mol. The van der Waals surface area contributed by atoms with Crippen molar-refractivity contribution < 1.29 is 23.2 Å². The number of fused-ring (bicyclic) bond motifs is 1. The van der Waals surface area contributed by atoms with E-state index in [1.807, 2.05) is 0 Å². The van der Waals surface area contributed by atoms with Crippen LogP contribution in [0.2, 0.25) is 0 Å². The number of pyridine rings is 1. The van der Waals surface area contributed by atoms with Crippen LogP contribution in [0.1, 0.15) is 49.5 Å². The molecule has 8 heteroatoms. The standard InChI is InChI=1S/C19H16FN3O4/c1-8-6-13(12-7-11(20)4-5-14(12)22-8)18(26)23-19-16(17(21)25)15(9(2)24)10(3)27-19/h4-7H,1-3H3,(H2,21,25)(H,23,26). The van der Waals surface area contributed by atoms with Crippen molar-refractivity contribution in [1.29, 1.82) is 0 Å². The highest BCUT2D eigenvalue weighted by Gasteiger charge is 2.27. The Bertz CT molecular complexity index is 1120. The molecular weight excluding hydrogens is 353 g/mol. The van der Waals surface area contributed by atoms with E-state index in [2.05, 4.69) is 10.3 Å². The summed E-state index contributed by atoms with van der Waals surface area (Å²) in [6, 6.07) is 5.40. The Labute approximate surface area is 153 Å². The second-order valence-corrected chi connectivity index (χ2v) is 6.08. The highest BCUT2D eigenvalue weighted by Crippen LogP contribution is 2.28. The summed E-state index contributed by atoms with van der Waals surface area (Å²) in [5.41, 5.74) is 6.30. The van der Waals surface area contributed by atoms with Crippen molar-refractivity contribution in [2.24, 2.45) is 5.73 Å². The van der Waals surface area contributed by atoms with E-state index >= 15 is 0 Å². The normalized spacial score (nSPS) is 10.8. The van der Waals surface area contributed by atoms with Crippen LogP contribution >= 0.6 is 0 Å². The van der Waals surface area contributed by atoms with E-state index in [1.165, 1.54) is 38.1 Å². The molecule has 0 aliphatic carbocycles. The molecule has 0 unspecified atom stereocenters. The van der Waals surface area contributed by atoms with Crippen molar-refractivity contribution in [2.45, 2.75) is 20.8 Å². The smallest absolute Gasteiger partial charge is 0.258 e. The first-order chi connectivity index (χ1) is 12.7. The number of rotatable bonds is 4. The molecule has 0 saturated heterocycles. The number of carbonyl (C=O) groups is 3. The zero-order valence-corrected chi connectivity index (χ0v) is 14.8. The molecule has 0 saturated carbocycles. The fraction of sp³-hybridized carbons (Fsp3) is 0.158. The molecule has 27 heavy (non-hydrogen) atoms. The Morgan fingerprint density at radius 2 is 1.85 bits per heavy atom. The molecule has 0 aliphatic heterocycles. The molecular formula is C19H16FN3O4. The number of carbonyl (C=O) groups excluding carboxylic acids is 3. The number of anilines is 1. The highest BCUT2D eigenvalue weighted by atomic mass is 19.1. The van der Waals surface area contributed by atoms with Crippen molar-refractivity contribution in [3.63, 3.8) is 0 Å². The van der Waals surface area contributed by atoms with Crippen LogP contribution in [0.3, 0.4) is 0 Å². The third kappa shape index (κ3) is 3.29. The molecule has 0 fully saturated rings. The van der Waals surface area contributed by atoms with Crippen molar-refractivity contribution in [1.82, 2.24) is 4.98 Å². The Morgan fingerprint density at radius 1 is 1.15 bits per heavy atom. The first kappa shape index (κ1) is 18.2. The summed E-state index contributed by atoms with van der Waals surface area (Å²) in [5, 5.41) is 2.75. The number of nitrogens with one attached hydrogen (secondary N) is 1. The van der Waals surface area contributed by atoms with Crippen molar-refractivity contribution >= 4 is 34.4 Å². The van der Waals surface area contributed by atoms with E-state index in [0.717, 1.165) is 0 Å². The van der Waals surface area contributed by atoms with Gasteiger partial charge >= 0.3 is 0 Å². The predicted molar refractivity (Wildman–Crippen MR) is 96.4 cm³/mol. The minimum absolute atomic E-state index is 0.0135. The zero-order chi connectivity index (χ0) is 19.9. The number of ketones is 1. The lowest BCUT2D eigenvalue weighted by Gasteiger charge is -2.08. The van der Waals surface area contributed by atoms with Gasteiger partial charge in [-0.15, -0.1) is 0 Å². The Kier molecular flexibility index (Phi) is 4.49. The summed E-state index contributed by atoms with van der Waals surface area (Å²) in [4.78, 5) is 40.6. The van der Waals surface area contributed by atoms with E-state index in [9.17, 15) is 18.8 Å². The van der Waals surface area contributed by atoms with E-state index < -0.39 is 23.4 Å². The molecule has 2 amide bonds. The summed E-state index contributed by atoms with van der Waals surface area (Å²) in [5.74, 6) is -2.56. The number of hydrogen-bond donors (Lipinski definition) is 2. The number of aryl methyl sites for hydroxylation is 2. The summed E-state index contributed by atoms with van der Waals surface area (Å²) in [7, 11) is 0. The van der Waals surface area contributed by atoms with Crippen molar-refractivity contribution in [3.8, 4) is 0 Å². The van der Waals surface area contributed by atoms with Gasteiger partial charge in [-0.25, -0.2) is 4.39 Å². The van der Waals surface area contributed by atoms with Crippen LogP contribution in [0.25, 0.3) is 10.9 Å². The molecule has 138 valence electrons. The number of nitrogens with two attached hydrogens (primary N) is 1. The summed E-state index contributed by atoms with van der Waals surface area (Å²) >= 11 is 0. The molecule has 0 bridgehead atoms. The van der Waals surface area contributed by atoms with E-state index in [4.69, 9.17) is 10.2 Å². The Balaban J connectivity index is 2.11. The van der Waals surface area contributed by atoms with Gasteiger partial charge in [0.15, 0.2) is 5.78 Å². The second kappa shape index (κ2) is 6.64. The maximum absolute atomic E-state index is 13.6. The van der Waals surface area contributed by atoms with Crippen LogP contribution in [-0.4, -0.2) is 22.6 Å². The van der Waals surface area contributed by atoms with Gasteiger partial charge in [-0.2, -0.15) is 0 Å². The van der Waals surface area contributed by atoms with Crippen molar-refractivity contribution in [3.05, 3.63) is 58.2 Å². The number of halogens is 1. The van der Waals surface area contributed by atoms with Crippen LogP contribution in [0, 0.1) is 19.7 Å². The van der Waals surface area contributed by atoms with Crippen LogP contribution < -0.4 is 11.1 Å². The minimum Gasteiger partial charge on any atom is -0.444 e. The van der Waals surface area contributed by atoms with E-state index in [1.54, 1.807) is 6.92 Å². The van der Waals surface area contributed by atoms with Gasteiger partial charge in [0.25, 0.3) is 11.8 Å². The maximum atomic E-state index is 13.6. The lowest BCUT2D eigenvalue weighted by atomic mass is 10.1. The third-order valence-electron chi connectivity index (χ3n) is 4.05. The van der Waals surface area contributed by atoms with Crippen LogP contribution in [0.15, 0.2) is 28.7 Å². The number of aromatic nitrogens is 1. The zero-order valence-electron chi connectivity index (χ0n) is 14.8. The molecule has 0 spiro atoms. The van der Waals surface area contributed by atoms with Gasteiger partial charge in [0, 0.05) is 11.1 Å². The first-order valence-electron chi connectivity index (χ1n) is 8.01. The number of primary amides is 1.